The van der Waals surface area contributed by atoms with Crippen LogP contribution in [0.3, 0.4) is 0 Å². The van der Waals surface area contributed by atoms with Gasteiger partial charge in [0.05, 0.1) is 23.9 Å². The van der Waals surface area contributed by atoms with E-state index in [4.69, 9.17) is 0 Å². The van der Waals surface area contributed by atoms with Crippen LogP contribution in [-0.4, -0.2) is 67.3 Å². The molecule has 0 radical (unpaired) electrons. The van der Waals surface area contributed by atoms with Crippen molar-refractivity contribution < 1.29 is 9.90 Å². The molecule has 0 spiro atoms. The topological polar surface area (TPSA) is 82.8 Å². The van der Waals surface area contributed by atoms with Crippen LogP contribution in [0.5, 0.6) is 0 Å². The number of carbonyl (C=O) groups is 1. The fraction of sp³-hybridized carbons (Fsp3) is 0.355. The predicted octanol–water partition coefficient (Wildman–Crippen LogP) is 4.27. The lowest BCUT2D eigenvalue weighted by Gasteiger charge is -2.42. The molecule has 2 aliphatic rings. The summed E-state index contributed by atoms with van der Waals surface area (Å²) in [5, 5.41) is 23.2. The number of para-hydroxylation sites is 2. The minimum absolute atomic E-state index is 0.00198. The molecule has 0 saturated carbocycles. The monoisotopic (exact) mass is 509 g/mol. The third-order valence-electron chi connectivity index (χ3n) is 7.77. The van der Waals surface area contributed by atoms with Gasteiger partial charge in [0, 0.05) is 55.7 Å². The molecule has 3 aromatic rings. The lowest BCUT2D eigenvalue weighted by atomic mass is 10.0. The molecule has 2 fully saturated rings. The van der Waals surface area contributed by atoms with Crippen molar-refractivity contribution >= 4 is 23.0 Å². The number of amides is 1. The Morgan fingerprint density at radius 3 is 2.47 bits per heavy atom. The molecule has 2 heterocycles. The van der Waals surface area contributed by atoms with Crippen LogP contribution in [-0.2, 0) is 0 Å². The molecule has 1 atom stereocenters. The number of aliphatic hydroxyl groups is 1. The Morgan fingerprint density at radius 2 is 1.74 bits per heavy atom. The van der Waals surface area contributed by atoms with E-state index < -0.39 is 0 Å². The molecule has 0 aliphatic carbocycles. The van der Waals surface area contributed by atoms with Crippen LogP contribution in [0.25, 0.3) is 0 Å². The van der Waals surface area contributed by atoms with E-state index in [2.05, 4.69) is 28.1 Å². The fourth-order valence-electron chi connectivity index (χ4n) is 5.58. The van der Waals surface area contributed by atoms with Gasteiger partial charge in [0.2, 0.25) is 0 Å². The van der Waals surface area contributed by atoms with E-state index in [9.17, 15) is 15.2 Å². The largest absolute Gasteiger partial charge is 0.394 e. The highest BCUT2D eigenvalue weighted by molar-refractivity contribution is 5.95. The number of piperidine rings is 1. The predicted molar refractivity (Wildman–Crippen MR) is 152 cm³/mol. The van der Waals surface area contributed by atoms with E-state index in [1.807, 2.05) is 77.7 Å². The third-order valence-corrected chi connectivity index (χ3v) is 7.77. The number of anilines is 3. The number of nitrogens with zero attached hydrogens (tertiary/aromatic N) is 4. The van der Waals surface area contributed by atoms with Crippen LogP contribution < -0.4 is 15.1 Å². The van der Waals surface area contributed by atoms with Gasteiger partial charge in [0.1, 0.15) is 6.07 Å². The Hall–Kier alpha value is -4.02. The molecule has 3 aromatic carbocycles. The zero-order chi connectivity index (χ0) is 26.5. The van der Waals surface area contributed by atoms with Crippen LogP contribution in [0, 0.1) is 18.3 Å². The summed E-state index contributed by atoms with van der Waals surface area (Å²) in [4.78, 5) is 19.8. The lowest BCUT2D eigenvalue weighted by Crippen LogP contribution is -2.56. The molecule has 0 bridgehead atoms. The van der Waals surface area contributed by atoms with Crippen molar-refractivity contribution in [1.82, 2.24) is 4.90 Å². The van der Waals surface area contributed by atoms with Crippen LogP contribution in [0.2, 0.25) is 0 Å². The fourth-order valence-corrected chi connectivity index (χ4v) is 5.58. The molecule has 196 valence electrons. The second-order valence-electron chi connectivity index (χ2n) is 10.2. The summed E-state index contributed by atoms with van der Waals surface area (Å²) in [6.07, 6.45) is 1.91. The van der Waals surface area contributed by atoms with Crippen LogP contribution in [0.4, 0.5) is 17.1 Å². The minimum atomic E-state index is -0.130. The average molecular weight is 510 g/mol. The van der Waals surface area contributed by atoms with E-state index in [0.29, 0.717) is 36.8 Å². The van der Waals surface area contributed by atoms with Gasteiger partial charge >= 0.3 is 0 Å². The molecule has 5 rings (SSSR count). The molecule has 2 N–H and O–H groups in total. The van der Waals surface area contributed by atoms with E-state index in [1.165, 1.54) is 0 Å². The summed E-state index contributed by atoms with van der Waals surface area (Å²) in [5.74, 6) is 0.00198. The van der Waals surface area contributed by atoms with Gasteiger partial charge in [-0.3, -0.25) is 4.79 Å². The molecule has 1 amide bonds. The maximum atomic E-state index is 13.5. The van der Waals surface area contributed by atoms with E-state index >= 15 is 0 Å². The maximum absolute atomic E-state index is 13.5. The molecule has 0 aromatic heterocycles. The molecule has 2 aliphatic heterocycles. The number of aryl methyl sites for hydroxylation is 1. The van der Waals surface area contributed by atoms with Gasteiger partial charge in [-0.25, -0.2) is 0 Å². The van der Waals surface area contributed by atoms with Crippen molar-refractivity contribution in [2.45, 2.75) is 31.8 Å². The Morgan fingerprint density at radius 1 is 1.00 bits per heavy atom. The first-order chi connectivity index (χ1) is 18.6. The zero-order valence-corrected chi connectivity index (χ0v) is 21.9. The number of benzene rings is 3. The van der Waals surface area contributed by atoms with Crippen molar-refractivity contribution in [3.63, 3.8) is 0 Å². The summed E-state index contributed by atoms with van der Waals surface area (Å²) in [5.41, 5.74) is 5.57. The maximum Gasteiger partial charge on any atom is 0.254 e. The number of nitriles is 1. The number of hydrogen-bond donors (Lipinski definition) is 2. The molecular weight excluding hydrogens is 474 g/mol. The van der Waals surface area contributed by atoms with Gasteiger partial charge in [0.25, 0.3) is 5.91 Å². The second-order valence-corrected chi connectivity index (χ2v) is 10.2. The Labute approximate surface area is 224 Å². The summed E-state index contributed by atoms with van der Waals surface area (Å²) in [6.45, 7) is 5.61. The molecule has 2 saturated heterocycles. The number of carbonyl (C=O) groups excluding carboxylic acids is 1. The van der Waals surface area contributed by atoms with Crippen LogP contribution in [0.15, 0.2) is 72.8 Å². The minimum Gasteiger partial charge on any atom is -0.394 e. The van der Waals surface area contributed by atoms with Gasteiger partial charge in [-0.15, -0.1) is 0 Å². The van der Waals surface area contributed by atoms with Crippen molar-refractivity contribution in [3.05, 3.63) is 89.5 Å². The summed E-state index contributed by atoms with van der Waals surface area (Å²) < 4.78 is 0. The van der Waals surface area contributed by atoms with Gasteiger partial charge < -0.3 is 25.1 Å². The molecule has 7 nitrogen and oxygen atoms in total. The van der Waals surface area contributed by atoms with Gasteiger partial charge in [-0.1, -0.05) is 36.4 Å². The lowest BCUT2D eigenvalue weighted by molar-refractivity contribution is 0.0699. The first kappa shape index (κ1) is 25.6. The van der Waals surface area contributed by atoms with Crippen molar-refractivity contribution in [3.8, 4) is 6.07 Å². The first-order valence-electron chi connectivity index (χ1n) is 13.4. The number of piperazine rings is 1. The highest BCUT2D eigenvalue weighted by Crippen LogP contribution is 2.27. The van der Waals surface area contributed by atoms with E-state index in [1.54, 1.807) is 0 Å². The number of rotatable bonds is 6. The Balaban J connectivity index is 1.22. The number of hydrogen-bond acceptors (Lipinski definition) is 6. The summed E-state index contributed by atoms with van der Waals surface area (Å²) >= 11 is 0. The highest BCUT2D eigenvalue weighted by Gasteiger charge is 2.30. The second kappa shape index (κ2) is 11.6. The van der Waals surface area contributed by atoms with E-state index in [-0.39, 0.29) is 18.6 Å². The quantitative estimate of drug-likeness (QED) is 0.517. The summed E-state index contributed by atoms with van der Waals surface area (Å²) in [7, 11) is 0. The van der Waals surface area contributed by atoms with Gasteiger partial charge in [-0.05, 0) is 61.7 Å². The van der Waals surface area contributed by atoms with Gasteiger partial charge in [-0.2, -0.15) is 5.26 Å². The highest BCUT2D eigenvalue weighted by atomic mass is 16.3. The summed E-state index contributed by atoms with van der Waals surface area (Å²) in [6, 6.07) is 26.2. The van der Waals surface area contributed by atoms with Crippen LogP contribution >= 0.6 is 0 Å². The molecule has 38 heavy (non-hydrogen) atoms. The Bertz CT molecular complexity index is 1300. The molecule has 0 unspecified atom stereocenters. The van der Waals surface area contributed by atoms with Crippen molar-refractivity contribution in [1.29, 1.82) is 5.26 Å². The van der Waals surface area contributed by atoms with E-state index in [0.717, 1.165) is 48.6 Å². The van der Waals surface area contributed by atoms with Crippen LogP contribution in [0.1, 0.15) is 34.3 Å². The van der Waals surface area contributed by atoms with Crippen molar-refractivity contribution in [2.24, 2.45) is 0 Å². The standard InChI is InChI=1S/C31H35N5O2/c1-23-11-12-24(31(38)35-17-18-36(28(21-35)22-37)27-8-3-2-4-9-27)19-29(23)33-26-13-15-34(16-14-26)30-10-6-5-7-25(30)20-32/h2-12,19,26,28,33,37H,13-18,21-22H2,1H3/t28-/m1/s1. The van der Waals surface area contributed by atoms with Crippen molar-refractivity contribution in [2.75, 3.05) is 54.4 Å². The molecule has 7 heteroatoms. The normalized spacial score (nSPS) is 18.2. The average Bonchev–Trinajstić information content (AvgIpc) is 2.98. The SMILES string of the molecule is Cc1ccc(C(=O)N2CCN(c3ccccc3)[C@@H](CO)C2)cc1NC1CCN(c2ccccc2C#N)CC1. The number of nitrogens with one attached hydrogen (secondary N) is 1. The smallest absolute Gasteiger partial charge is 0.254 e. The van der Waals surface area contributed by atoms with Gasteiger partial charge in [0.15, 0.2) is 0 Å². The first-order valence-corrected chi connectivity index (χ1v) is 13.4. The number of aliphatic hydroxyl groups excluding tert-OH is 1. The zero-order valence-electron chi connectivity index (χ0n) is 21.9. The Kier molecular flexibility index (Phi) is 7.81. The molecular formula is C31H35N5O2. The third kappa shape index (κ3) is 5.46.